The number of aryl methyl sites for hydroxylation is 1. The molecule has 110 valence electrons. The van der Waals surface area contributed by atoms with Crippen LogP contribution in [0.5, 0.6) is 0 Å². The molecule has 0 spiro atoms. The summed E-state index contributed by atoms with van der Waals surface area (Å²) in [5.74, 6) is 0.131. The second-order valence-electron chi connectivity index (χ2n) is 5.52. The van der Waals surface area contributed by atoms with Crippen molar-refractivity contribution in [3.05, 3.63) is 34.9 Å². The molecule has 20 heavy (non-hydrogen) atoms. The second kappa shape index (κ2) is 6.86. The molecule has 0 aromatic heterocycles. The van der Waals surface area contributed by atoms with Gasteiger partial charge in [0, 0.05) is 25.3 Å². The molecule has 1 saturated heterocycles. The molecule has 1 unspecified atom stereocenters. The number of ether oxygens (including phenoxy) is 1. The van der Waals surface area contributed by atoms with Crippen LogP contribution in [-0.2, 0) is 11.3 Å². The van der Waals surface area contributed by atoms with Crippen LogP contribution in [0.3, 0.4) is 0 Å². The standard InChI is InChI=1S/C16H25N3O/c1-3-19(11-15-5-4-8-20-15)10-14-7-6-13(16(17)18)9-12(14)2/h6-7,9,15H,3-5,8,10-11H2,1-2H3,(H3,17,18). The third-order valence-electron chi connectivity index (χ3n) is 3.98. The van der Waals surface area contributed by atoms with Crippen LogP contribution in [-0.4, -0.2) is 36.5 Å². The zero-order valence-corrected chi connectivity index (χ0v) is 12.5. The predicted molar refractivity (Wildman–Crippen MR) is 82.1 cm³/mol. The molecule has 1 aliphatic rings. The largest absolute Gasteiger partial charge is 0.384 e. The van der Waals surface area contributed by atoms with Gasteiger partial charge in [0.2, 0.25) is 0 Å². The molecule has 1 aromatic rings. The van der Waals surface area contributed by atoms with E-state index in [2.05, 4.69) is 24.8 Å². The molecule has 0 amide bonds. The predicted octanol–water partition coefficient (Wildman–Crippen LogP) is 2.28. The SMILES string of the molecule is CCN(Cc1ccc(C(=N)N)cc1C)CC1CCCO1. The summed E-state index contributed by atoms with van der Waals surface area (Å²) >= 11 is 0. The van der Waals surface area contributed by atoms with Gasteiger partial charge in [-0.3, -0.25) is 10.3 Å². The molecule has 4 nitrogen and oxygen atoms in total. The van der Waals surface area contributed by atoms with Crippen molar-refractivity contribution in [2.45, 2.75) is 39.3 Å². The third-order valence-corrected chi connectivity index (χ3v) is 3.98. The summed E-state index contributed by atoms with van der Waals surface area (Å²) in [6.07, 6.45) is 2.76. The van der Waals surface area contributed by atoms with Crippen LogP contribution in [0.2, 0.25) is 0 Å². The molecule has 0 bridgehead atoms. The number of nitrogens with two attached hydrogens (primary N) is 1. The first-order valence-corrected chi connectivity index (χ1v) is 7.38. The van der Waals surface area contributed by atoms with Gasteiger partial charge in [-0.25, -0.2) is 0 Å². The minimum absolute atomic E-state index is 0.131. The lowest BCUT2D eigenvalue weighted by molar-refractivity contribution is 0.0724. The summed E-state index contributed by atoms with van der Waals surface area (Å²) in [5, 5.41) is 7.48. The van der Waals surface area contributed by atoms with Crippen LogP contribution >= 0.6 is 0 Å². The van der Waals surface area contributed by atoms with Crippen LogP contribution in [0.15, 0.2) is 18.2 Å². The van der Waals surface area contributed by atoms with E-state index in [9.17, 15) is 0 Å². The van der Waals surface area contributed by atoms with Crippen molar-refractivity contribution in [3.63, 3.8) is 0 Å². The molecule has 2 rings (SSSR count). The van der Waals surface area contributed by atoms with Crippen molar-refractivity contribution in [2.75, 3.05) is 19.7 Å². The van der Waals surface area contributed by atoms with Crippen LogP contribution in [0.4, 0.5) is 0 Å². The van der Waals surface area contributed by atoms with E-state index < -0.39 is 0 Å². The minimum Gasteiger partial charge on any atom is -0.384 e. The number of nitrogens with one attached hydrogen (secondary N) is 1. The van der Waals surface area contributed by atoms with E-state index >= 15 is 0 Å². The monoisotopic (exact) mass is 275 g/mol. The van der Waals surface area contributed by atoms with Crippen LogP contribution < -0.4 is 5.73 Å². The number of nitrogen functional groups attached to an aromatic ring is 1. The average molecular weight is 275 g/mol. The maximum absolute atomic E-state index is 7.48. The van der Waals surface area contributed by atoms with Crippen molar-refractivity contribution in [3.8, 4) is 0 Å². The Morgan fingerprint density at radius 1 is 1.50 bits per heavy atom. The first kappa shape index (κ1) is 15.0. The van der Waals surface area contributed by atoms with Crippen molar-refractivity contribution in [2.24, 2.45) is 5.73 Å². The lowest BCUT2D eigenvalue weighted by Gasteiger charge is -2.24. The molecule has 0 aliphatic carbocycles. The number of nitrogens with zero attached hydrogens (tertiary/aromatic N) is 1. The molecule has 1 atom stereocenters. The highest BCUT2D eigenvalue weighted by atomic mass is 16.5. The average Bonchev–Trinajstić information content (AvgIpc) is 2.92. The summed E-state index contributed by atoms with van der Waals surface area (Å²) in [7, 11) is 0. The fourth-order valence-corrected chi connectivity index (χ4v) is 2.66. The molecule has 0 saturated carbocycles. The fourth-order valence-electron chi connectivity index (χ4n) is 2.66. The highest BCUT2D eigenvalue weighted by Crippen LogP contribution is 2.17. The molecule has 1 aliphatic heterocycles. The summed E-state index contributed by atoms with van der Waals surface area (Å²) in [6.45, 7) is 8.14. The molecule has 3 N–H and O–H groups in total. The lowest BCUT2D eigenvalue weighted by Crippen LogP contribution is -2.31. The Balaban J connectivity index is 2.01. The first-order valence-electron chi connectivity index (χ1n) is 7.38. The van der Waals surface area contributed by atoms with Crippen molar-refractivity contribution >= 4 is 5.84 Å². The van der Waals surface area contributed by atoms with Crippen LogP contribution in [0.25, 0.3) is 0 Å². The van der Waals surface area contributed by atoms with Gasteiger partial charge in [0.25, 0.3) is 0 Å². The molecule has 1 heterocycles. The first-order chi connectivity index (χ1) is 9.60. The van der Waals surface area contributed by atoms with Gasteiger partial charge >= 0.3 is 0 Å². The molecule has 1 fully saturated rings. The summed E-state index contributed by atoms with van der Waals surface area (Å²) in [5.41, 5.74) is 8.82. The Kier molecular flexibility index (Phi) is 5.15. The Hall–Kier alpha value is -1.39. The zero-order chi connectivity index (χ0) is 14.5. The zero-order valence-electron chi connectivity index (χ0n) is 12.5. The highest BCUT2D eigenvalue weighted by Gasteiger charge is 2.18. The Morgan fingerprint density at radius 2 is 2.30 bits per heavy atom. The second-order valence-corrected chi connectivity index (χ2v) is 5.52. The minimum atomic E-state index is 0.131. The van der Waals surface area contributed by atoms with Gasteiger partial charge < -0.3 is 10.5 Å². The highest BCUT2D eigenvalue weighted by molar-refractivity contribution is 5.95. The number of benzene rings is 1. The number of hydrogen-bond donors (Lipinski definition) is 2. The maximum Gasteiger partial charge on any atom is 0.122 e. The van der Waals surface area contributed by atoms with E-state index in [1.54, 1.807) is 0 Å². The van der Waals surface area contributed by atoms with Crippen molar-refractivity contribution in [1.82, 2.24) is 4.90 Å². The van der Waals surface area contributed by atoms with E-state index in [-0.39, 0.29) is 5.84 Å². The van der Waals surface area contributed by atoms with Gasteiger partial charge in [0.05, 0.1) is 6.10 Å². The Labute approximate surface area is 121 Å². The van der Waals surface area contributed by atoms with Gasteiger partial charge in [-0.15, -0.1) is 0 Å². The smallest absolute Gasteiger partial charge is 0.122 e. The van der Waals surface area contributed by atoms with Crippen molar-refractivity contribution in [1.29, 1.82) is 5.41 Å². The van der Waals surface area contributed by atoms with Crippen LogP contribution in [0.1, 0.15) is 36.5 Å². The van der Waals surface area contributed by atoms with Gasteiger partial charge in [-0.2, -0.15) is 0 Å². The molecular weight excluding hydrogens is 250 g/mol. The molecule has 0 radical (unpaired) electrons. The summed E-state index contributed by atoms with van der Waals surface area (Å²) in [6, 6.07) is 6.02. The van der Waals surface area contributed by atoms with E-state index in [4.69, 9.17) is 15.9 Å². The Bertz CT molecular complexity index is 467. The Morgan fingerprint density at radius 3 is 2.85 bits per heavy atom. The summed E-state index contributed by atoms with van der Waals surface area (Å²) < 4.78 is 5.72. The number of likely N-dealkylation sites (N-methyl/N-ethyl adjacent to an activating group) is 1. The van der Waals surface area contributed by atoms with Gasteiger partial charge in [-0.1, -0.05) is 19.1 Å². The normalized spacial score (nSPS) is 18.6. The molecule has 4 heteroatoms. The third kappa shape index (κ3) is 3.81. The number of amidine groups is 1. The number of hydrogen-bond acceptors (Lipinski definition) is 3. The van der Waals surface area contributed by atoms with Gasteiger partial charge in [0.1, 0.15) is 5.84 Å². The van der Waals surface area contributed by atoms with Gasteiger partial charge in [0.15, 0.2) is 0 Å². The topological polar surface area (TPSA) is 62.3 Å². The quantitative estimate of drug-likeness (QED) is 0.618. The molecular formula is C16H25N3O. The number of rotatable bonds is 6. The molecule has 1 aromatic carbocycles. The van der Waals surface area contributed by atoms with E-state index in [1.807, 2.05) is 12.1 Å². The van der Waals surface area contributed by atoms with E-state index in [0.29, 0.717) is 6.10 Å². The maximum atomic E-state index is 7.48. The lowest BCUT2D eigenvalue weighted by atomic mass is 10.0. The fraction of sp³-hybridized carbons (Fsp3) is 0.562. The van der Waals surface area contributed by atoms with Crippen molar-refractivity contribution < 1.29 is 4.74 Å². The van der Waals surface area contributed by atoms with Gasteiger partial charge in [-0.05, 0) is 43.5 Å². The van der Waals surface area contributed by atoms with Crippen LogP contribution in [0, 0.1) is 12.3 Å². The van der Waals surface area contributed by atoms with E-state index in [1.165, 1.54) is 24.0 Å². The summed E-state index contributed by atoms with van der Waals surface area (Å²) in [4.78, 5) is 2.42. The van der Waals surface area contributed by atoms with E-state index in [0.717, 1.165) is 31.8 Å².